The second kappa shape index (κ2) is 6.06. The minimum Gasteiger partial charge on any atom is -0.325 e. The fourth-order valence-electron chi connectivity index (χ4n) is 2.80. The van der Waals surface area contributed by atoms with E-state index in [-0.39, 0.29) is 5.91 Å². The molecule has 0 bridgehead atoms. The summed E-state index contributed by atoms with van der Waals surface area (Å²) < 4.78 is 0. The number of amides is 1. The van der Waals surface area contributed by atoms with Crippen molar-refractivity contribution in [1.82, 2.24) is 10.2 Å². The molecule has 0 fully saturated rings. The standard InChI is InChI=1S/C17H20N2O/c20-17(18-16-8-2-1-3-9-16)13-19-11-10-14-6-4-5-7-15(14)12-19/h2,4-9H,1,3,10-13H2,(H,18,20). The Bertz CT molecular complexity index is 560. The van der Waals surface area contributed by atoms with E-state index in [4.69, 9.17) is 0 Å². The zero-order chi connectivity index (χ0) is 13.8. The van der Waals surface area contributed by atoms with Gasteiger partial charge in [0, 0.05) is 18.8 Å². The summed E-state index contributed by atoms with van der Waals surface area (Å²) in [6, 6.07) is 8.50. The van der Waals surface area contributed by atoms with Gasteiger partial charge in [0.1, 0.15) is 0 Å². The van der Waals surface area contributed by atoms with E-state index in [1.54, 1.807) is 0 Å². The summed E-state index contributed by atoms with van der Waals surface area (Å²) in [6.07, 6.45) is 9.31. The Balaban J connectivity index is 1.55. The molecule has 1 aliphatic heterocycles. The number of fused-ring (bicyclic) bond motifs is 1. The van der Waals surface area contributed by atoms with Crippen LogP contribution in [0.4, 0.5) is 0 Å². The van der Waals surface area contributed by atoms with Crippen molar-refractivity contribution in [3.63, 3.8) is 0 Å². The first-order valence-corrected chi connectivity index (χ1v) is 7.27. The molecule has 0 atom stereocenters. The van der Waals surface area contributed by atoms with Crippen LogP contribution in [0.2, 0.25) is 0 Å². The molecule has 1 amide bonds. The summed E-state index contributed by atoms with van der Waals surface area (Å²) in [7, 11) is 0. The summed E-state index contributed by atoms with van der Waals surface area (Å²) in [5.74, 6) is 0.0854. The molecule has 1 aliphatic carbocycles. The lowest BCUT2D eigenvalue weighted by molar-refractivity contribution is -0.121. The number of nitrogens with zero attached hydrogens (tertiary/aromatic N) is 1. The molecule has 0 spiro atoms. The molecular weight excluding hydrogens is 248 g/mol. The van der Waals surface area contributed by atoms with Crippen molar-refractivity contribution in [2.75, 3.05) is 13.1 Å². The maximum atomic E-state index is 12.1. The summed E-state index contributed by atoms with van der Waals surface area (Å²) in [5, 5.41) is 2.98. The molecule has 104 valence electrons. The first kappa shape index (κ1) is 13.1. The van der Waals surface area contributed by atoms with Crippen LogP contribution in [0.15, 0.2) is 48.2 Å². The minimum atomic E-state index is 0.0854. The fraction of sp³-hybridized carbons (Fsp3) is 0.353. The summed E-state index contributed by atoms with van der Waals surface area (Å²) >= 11 is 0. The molecule has 0 aromatic heterocycles. The molecule has 0 radical (unpaired) electrons. The van der Waals surface area contributed by atoms with Crippen LogP contribution in [0, 0.1) is 0 Å². The lowest BCUT2D eigenvalue weighted by atomic mass is 10.00. The van der Waals surface area contributed by atoms with E-state index in [2.05, 4.69) is 46.6 Å². The fourth-order valence-corrected chi connectivity index (χ4v) is 2.80. The van der Waals surface area contributed by atoms with Gasteiger partial charge in [0.25, 0.3) is 0 Å². The highest BCUT2D eigenvalue weighted by molar-refractivity contribution is 5.80. The van der Waals surface area contributed by atoms with Crippen molar-refractivity contribution in [2.24, 2.45) is 0 Å². The van der Waals surface area contributed by atoms with E-state index in [1.165, 1.54) is 11.1 Å². The second-order valence-electron chi connectivity index (χ2n) is 5.42. The number of nitrogens with one attached hydrogen (secondary N) is 1. The van der Waals surface area contributed by atoms with Crippen LogP contribution in [-0.4, -0.2) is 23.9 Å². The monoisotopic (exact) mass is 268 g/mol. The molecule has 0 saturated carbocycles. The Morgan fingerprint density at radius 3 is 2.85 bits per heavy atom. The Morgan fingerprint density at radius 1 is 1.20 bits per heavy atom. The van der Waals surface area contributed by atoms with E-state index in [0.717, 1.165) is 38.0 Å². The van der Waals surface area contributed by atoms with Gasteiger partial charge in [-0.2, -0.15) is 0 Å². The number of carbonyl (C=O) groups excluding carboxylic acids is 1. The van der Waals surface area contributed by atoms with E-state index in [0.29, 0.717) is 6.54 Å². The summed E-state index contributed by atoms with van der Waals surface area (Å²) in [4.78, 5) is 14.3. The summed E-state index contributed by atoms with van der Waals surface area (Å²) in [6.45, 7) is 2.30. The highest BCUT2D eigenvalue weighted by Crippen LogP contribution is 2.18. The van der Waals surface area contributed by atoms with Crippen LogP contribution < -0.4 is 5.32 Å². The largest absolute Gasteiger partial charge is 0.325 e. The Labute approximate surface area is 120 Å². The van der Waals surface area contributed by atoms with Crippen LogP contribution in [-0.2, 0) is 17.8 Å². The molecular formula is C17H20N2O. The molecule has 2 aliphatic rings. The average Bonchev–Trinajstić information content (AvgIpc) is 2.48. The van der Waals surface area contributed by atoms with E-state index >= 15 is 0 Å². The molecule has 1 aromatic rings. The van der Waals surface area contributed by atoms with Crippen molar-refractivity contribution in [3.05, 3.63) is 59.3 Å². The van der Waals surface area contributed by atoms with Gasteiger partial charge >= 0.3 is 0 Å². The third-order valence-electron chi connectivity index (χ3n) is 3.86. The summed E-state index contributed by atoms with van der Waals surface area (Å²) in [5.41, 5.74) is 3.71. The number of rotatable bonds is 3. The SMILES string of the molecule is O=C(CN1CCc2ccccc2C1)NC1=CCCC=C1. The van der Waals surface area contributed by atoms with Gasteiger partial charge in [-0.1, -0.05) is 36.4 Å². The first-order valence-electron chi connectivity index (χ1n) is 7.27. The van der Waals surface area contributed by atoms with Crippen LogP contribution in [0.3, 0.4) is 0 Å². The van der Waals surface area contributed by atoms with Gasteiger partial charge in [0.05, 0.1) is 6.54 Å². The molecule has 0 saturated heterocycles. The number of hydrogen-bond donors (Lipinski definition) is 1. The number of carbonyl (C=O) groups is 1. The number of allylic oxidation sites excluding steroid dienone is 3. The predicted molar refractivity (Wildman–Crippen MR) is 80.0 cm³/mol. The first-order chi connectivity index (χ1) is 9.81. The van der Waals surface area contributed by atoms with Crippen LogP contribution >= 0.6 is 0 Å². The van der Waals surface area contributed by atoms with Crippen molar-refractivity contribution in [1.29, 1.82) is 0 Å². The Morgan fingerprint density at radius 2 is 2.05 bits per heavy atom. The van der Waals surface area contributed by atoms with E-state index < -0.39 is 0 Å². The lowest BCUT2D eigenvalue weighted by Gasteiger charge is -2.28. The molecule has 1 heterocycles. The van der Waals surface area contributed by atoms with Crippen LogP contribution in [0.25, 0.3) is 0 Å². The van der Waals surface area contributed by atoms with Gasteiger partial charge in [-0.3, -0.25) is 9.69 Å². The van der Waals surface area contributed by atoms with Gasteiger partial charge in [0.15, 0.2) is 0 Å². The third-order valence-corrected chi connectivity index (χ3v) is 3.86. The maximum absolute atomic E-state index is 12.1. The van der Waals surface area contributed by atoms with Crippen LogP contribution in [0.1, 0.15) is 24.0 Å². The zero-order valence-corrected chi connectivity index (χ0v) is 11.6. The molecule has 3 rings (SSSR count). The van der Waals surface area contributed by atoms with Crippen LogP contribution in [0.5, 0.6) is 0 Å². The molecule has 20 heavy (non-hydrogen) atoms. The number of hydrogen-bond acceptors (Lipinski definition) is 2. The predicted octanol–water partition coefficient (Wildman–Crippen LogP) is 2.39. The van der Waals surface area contributed by atoms with Gasteiger partial charge in [-0.25, -0.2) is 0 Å². The molecule has 0 unspecified atom stereocenters. The van der Waals surface area contributed by atoms with Crippen molar-refractivity contribution in [2.45, 2.75) is 25.8 Å². The van der Waals surface area contributed by atoms with Crippen molar-refractivity contribution in [3.8, 4) is 0 Å². The average molecular weight is 268 g/mol. The lowest BCUT2D eigenvalue weighted by Crippen LogP contribution is -2.39. The molecule has 1 aromatic carbocycles. The Hall–Kier alpha value is -1.87. The van der Waals surface area contributed by atoms with E-state index in [9.17, 15) is 4.79 Å². The van der Waals surface area contributed by atoms with E-state index in [1.807, 2.05) is 6.08 Å². The molecule has 3 heteroatoms. The maximum Gasteiger partial charge on any atom is 0.238 e. The normalized spacial score (nSPS) is 18.3. The van der Waals surface area contributed by atoms with Gasteiger partial charge in [-0.15, -0.1) is 0 Å². The second-order valence-corrected chi connectivity index (χ2v) is 5.42. The van der Waals surface area contributed by atoms with Crippen molar-refractivity contribution >= 4 is 5.91 Å². The quantitative estimate of drug-likeness (QED) is 0.913. The molecule has 1 N–H and O–H groups in total. The minimum absolute atomic E-state index is 0.0854. The smallest absolute Gasteiger partial charge is 0.238 e. The molecule has 3 nitrogen and oxygen atoms in total. The highest BCUT2D eigenvalue weighted by atomic mass is 16.2. The number of benzene rings is 1. The van der Waals surface area contributed by atoms with Gasteiger partial charge in [0.2, 0.25) is 5.91 Å². The van der Waals surface area contributed by atoms with Gasteiger partial charge in [-0.05, 0) is 36.5 Å². The topological polar surface area (TPSA) is 32.3 Å². The van der Waals surface area contributed by atoms with Crippen molar-refractivity contribution < 1.29 is 4.79 Å². The Kier molecular flexibility index (Phi) is 3.97. The third kappa shape index (κ3) is 3.17. The zero-order valence-electron chi connectivity index (χ0n) is 11.6. The van der Waals surface area contributed by atoms with Gasteiger partial charge < -0.3 is 5.32 Å². The highest BCUT2D eigenvalue weighted by Gasteiger charge is 2.18.